The fraction of sp³-hybridized carbons (Fsp3) is 0.278. The molecule has 3 rings (SSSR count). The smallest absolute Gasteiger partial charge is 0.243 e. The van der Waals surface area contributed by atoms with Gasteiger partial charge in [-0.1, -0.05) is 27.5 Å². The number of nitrogens with zero attached hydrogens (tertiary/aromatic N) is 1. The number of hydrogen-bond donors (Lipinski definition) is 1. The van der Waals surface area contributed by atoms with Crippen molar-refractivity contribution < 1.29 is 17.6 Å². The van der Waals surface area contributed by atoms with Gasteiger partial charge in [0, 0.05) is 22.6 Å². The lowest BCUT2D eigenvalue weighted by molar-refractivity contribution is -0.120. The summed E-state index contributed by atoms with van der Waals surface area (Å²) < 4.78 is 41.6. The molecule has 0 bridgehead atoms. The Bertz CT molecular complexity index is 954. The number of nitrogens with one attached hydrogen (secondary N) is 1. The second-order valence-corrected chi connectivity index (χ2v) is 9.56. The third-order valence-electron chi connectivity index (χ3n) is 4.39. The van der Waals surface area contributed by atoms with Gasteiger partial charge in [0.1, 0.15) is 5.82 Å². The molecule has 1 fully saturated rings. The van der Waals surface area contributed by atoms with E-state index in [4.69, 9.17) is 11.6 Å². The molecule has 9 heteroatoms. The minimum absolute atomic E-state index is 0.0135. The molecule has 0 radical (unpaired) electrons. The number of anilines is 1. The average Bonchev–Trinajstić information content (AvgIpc) is 2.65. The van der Waals surface area contributed by atoms with Crippen LogP contribution in [0.2, 0.25) is 5.02 Å². The van der Waals surface area contributed by atoms with Crippen LogP contribution in [0.1, 0.15) is 12.8 Å². The minimum Gasteiger partial charge on any atom is -0.323 e. The van der Waals surface area contributed by atoms with Crippen LogP contribution in [0.5, 0.6) is 0 Å². The SMILES string of the molecule is O=C(Nc1cc(Cl)ccc1F)[C@H]1CCCN(S(=O)(=O)c2ccc(Br)cc2)C1. The number of amides is 1. The number of piperidine rings is 1. The molecule has 1 heterocycles. The molecule has 0 aromatic heterocycles. The summed E-state index contributed by atoms with van der Waals surface area (Å²) in [4.78, 5) is 12.7. The summed E-state index contributed by atoms with van der Waals surface area (Å²) in [5.41, 5.74) is -0.0135. The first-order valence-corrected chi connectivity index (χ1v) is 10.9. The Labute approximate surface area is 170 Å². The molecule has 0 aliphatic carbocycles. The van der Waals surface area contributed by atoms with E-state index in [1.165, 1.54) is 34.6 Å². The van der Waals surface area contributed by atoms with Gasteiger partial charge < -0.3 is 5.32 Å². The molecule has 2 aromatic rings. The van der Waals surface area contributed by atoms with Crippen LogP contribution < -0.4 is 5.32 Å². The van der Waals surface area contributed by atoms with Crippen molar-refractivity contribution in [2.45, 2.75) is 17.7 Å². The van der Waals surface area contributed by atoms with Gasteiger partial charge in [0.2, 0.25) is 15.9 Å². The van der Waals surface area contributed by atoms with Crippen LogP contribution in [0.4, 0.5) is 10.1 Å². The largest absolute Gasteiger partial charge is 0.323 e. The zero-order valence-electron chi connectivity index (χ0n) is 14.2. The monoisotopic (exact) mass is 474 g/mol. The molecule has 0 spiro atoms. The minimum atomic E-state index is -3.70. The Morgan fingerprint density at radius 3 is 2.63 bits per heavy atom. The fourth-order valence-electron chi connectivity index (χ4n) is 2.96. The van der Waals surface area contributed by atoms with E-state index >= 15 is 0 Å². The maximum Gasteiger partial charge on any atom is 0.243 e. The molecule has 144 valence electrons. The van der Waals surface area contributed by atoms with E-state index in [-0.39, 0.29) is 17.1 Å². The first-order valence-electron chi connectivity index (χ1n) is 8.29. The second-order valence-electron chi connectivity index (χ2n) is 6.27. The quantitative estimate of drug-likeness (QED) is 0.718. The van der Waals surface area contributed by atoms with Gasteiger partial charge in [0.15, 0.2) is 0 Å². The topological polar surface area (TPSA) is 66.5 Å². The van der Waals surface area contributed by atoms with E-state index < -0.39 is 27.7 Å². The first-order chi connectivity index (χ1) is 12.8. The van der Waals surface area contributed by atoms with Gasteiger partial charge >= 0.3 is 0 Å². The van der Waals surface area contributed by atoms with Crippen LogP contribution in [0.25, 0.3) is 0 Å². The van der Waals surface area contributed by atoms with Gasteiger partial charge in [-0.05, 0) is 55.3 Å². The summed E-state index contributed by atoms with van der Waals surface area (Å²) in [6.07, 6.45) is 1.08. The van der Waals surface area contributed by atoms with Gasteiger partial charge in [-0.25, -0.2) is 12.8 Å². The lowest BCUT2D eigenvalue weighted by atomic mass is 9.98. The van der Waals surface area contributed by atoms with E-state index in [1.54, 1.807) is 12.1 Å². The number of carbonyl (C=O) groups is 1. The summed E-state index contributed by atoms with van der Waals surface area (Å²) in [7, 11) is -3.70. The predicted octanol–water partition coefficient (Wildman–Crippen LogP) is 4.28. The highest BCUT2D eigenvalue weighted by Crippen LogP contribution is 2.26. The van der Waals surface area contributed by atoms with E-state index in [0.717, 1.165) is 4.47 Å². The van der Waals surface area contributed by atoms with Crippen LogP contribution in [0, 0.1) is 11.7 Å². The normalized spacial score (nSPS) is 18.3. The molecule has 5 nitrogen and oxygen atoms in total. The number of hydrogen-bond acceptors (Lipinski definition) is 3. The van der Waals surface area contributed by atoms with Crippen LogP contribution in [-0.2, 0) is 14.8 Å². The average molecular weight is 476 g/mol. The van der Waals surface area contributed by atoms with E-state index in [2.05, 4.69) is 21.2 Å². The van der Waals surface area contributed by atoms with Crippen LogP contribution in [0.15, 0.2) is 51.8 Å². The van der Waals surface area contributed by atoms with E-state index in [1.807, 2.05) is 0 Å². The van der Waals surface area contributed by atoms with Crippen molar-refractivity contribution in [3.05, 3.63) is 57.8 Å². The summed E-state index contributed by atoms with van der Waals surface area (Å²) in [5.74, 6) is -1.59. The summed E-state index contributed by atoms with van der Waals surface area (Å²) in [5, 5.41) is 2.81. The van der Waals surface area contributed by atoms with E-state index in [0.29, 0.717) is 24.4 Å². The highest BCUT2D eigenvalue weighted by atomic mass is 79.9. The molecule has 1 aliphatic heterocycles. The first kappa shape index (κ1) is 20.3. The maximum absolute atomic E-state index is 13.8. The predicted molar refractivity (Wildman–Crippen MR) is 106 cm³/mol. The van der Waals surface area contributed by atoms with Crippen molar-refractivity contribution >= 4 is 49.1 Å². The van der Waals surface area contributed by atoms with Crippen molar-refractivity contribution in [2.24, 2.45) is 5.92 Å². The standard InChI is InChI=1S/C18H17BrClFN2O3S/c19-13-3-6-15(7-4-13)27(25,26)23-9-1-2-12(11-23)18(24)22-17-10-14(20)5-8-16(17)21/h3-8,10,12H,1-2,9,11H2,(H,22,24)/t12-/m0/s1. The van der Waals surface area contributed by atoms with Crippen LogP contribution in [-0.4, -0.2) is 31.7 Å². The molecule has 1 atom stereocenters. The molecule has 1 aliphatic rings. The zero-order valence-corrected chi connectivity index (χ0v) is 17.3. The van der Waals surface area contributed by atoms with E-state index in [9.17, 15) is 17.6 Å². The number of benzene rings is 2. The highest BCUT2D eigenvalue weighted by Gasteiger charge is 2.33. The Hall–Kier alpha value is -1.48. The van der Waals surface area contributed by atoms with Crippen molar-refractivity contribution in [2.75, 3.05) is 18.4 Å². The highest BCUT2D eigenvalue weighted by molar-refractivity contribution is 9.10. The summed E-state index contributed by atoms with van der Waals surface area (Å²) in [6.45, 7) is 0.389. The van der Waals surface area contributed by atoms with Crippen LogP contribution >= 0.6 is 27.5 Å². The molecule has 1 N–H and O–H groups in total. The molecule has 0 unspecified atom stereocenters. The Kier molecular flexibility index (Phi) is 6.20. The third kappa shape index (κ3) is 4.68. The van der Waals surface area contributed by atoms with Crippen molar-refractivity contribution in [3.8, 4) is 0 Å². The Morgan fingerprint density at radius 2 is 1.93 bits per heavy atom. The van der Waals surface area contributed by atoms with Gasteiger partial charge in [0.25, 0.3) is 0 Å². The molecule has 1 amide bonds. The molecule has 0 saturated carbocycles. The lowest BCUT2D eigenvalue weighted by Crippen LogP contribution is -2.43. The number of sulfonamides is 1. The molecular weight excluding hydrogens is 459 g/mol. The summed E-state index contributed by atoms with van der Waals surface area (Å²) in [6, 6.07) is 10.2. The Morgan fingerprint density at radius 1 is 1.22 bits per heavy atom. The van der Waals surface area contributed by atoms with Gasteiger partial charge in [-0.3, -0.25) is 4.79 Å². The number of halogens is 3. The zero-order chi connectivity index (χ0) is 19.6. The van der Waals surface area contributed by atoms with Gasteiger partial charge in [-0.15, -0.1) is 0 Å². The lowest BCUT2D eigenvalue weighted by Gasteiger charge is -2.31. The molecule has 27 heavy (non-hydrogen) atoms. The maximum atomic E-state index is 13.8. The van der Waals surface area contributed by atoms with Crippen molar-refractivity contribution in [1.82, 2.24) is 4.31 Å². The number of rotatable bonds is 4. The molecule has 2 aromatic carbocycles. The molecular formula is C18H17BrClFN2O3S. The number of carbonyl (C=O) groups excluding carboxylic acids is 1. The Balaban J connectivity index is 1.74. The second kappa shape index (κ2) is 8.26. The fourth-order valence-corrected chi connectivity index (χ4v) is 4.92. The molecule has 1 saturated heterocycles. The van der Waals surface area contributed by atoms with Crippen molar-refractivity contribution in [3.63, 3.8) is 0 Å². The summed E-state index contributed by atoms with van der Waals surface area (Å²) >= 11 is 9.12. The van der Waals surface area contributed by atoms with Crippen molar-refractivity contribution in [1.29, 1.82) is 0 Å². The third-order valence-corrected chi connectivity index (χ3v) is 7.04. The van der Waals surface area contributed by atoms with Gasteiger partial charge in [-0.2, -0.15) is 4.31 Å². The van der Waals surface area contributed by atoms with Gasteiger partial charge in [0.05, 0.1) is 16.5 Å². The van der Waals surface area contributed by atoms with Crippen LogP contribution in [0.3, 0.4) is 0 Å².